The second kappa shape index (κ2) is 6.82. The smallest absolute Gasteiger partial charge is 0.226 e. The minimum absolute atomic E-state index is 0.0143. The van der Waals surface area contributed by atoms with E-state index in [4.69, 9.17) is 4.42 Å². The Morgan fingerprint density at radius 2 is 2.04 bits per heavy atom. The van der Waals surface area contributed by atoms with Gasteiger partial charge >= 0.3 is 0 Å². The summed E-state index contributed by atoms with van der Waals surface area (Å²) >= 11 is 0. The maximum Gasteiger partial charge on any atom is 0.226 e. The number of benzene rings is 1. The molecule has 1 heterocycles. The van der Waals surface area contributed by atoms with Crippen LogP contribution < -0.4 is 10.0 Å². The van der Waals surface area contributed by atoms with E-state index in [1.807, 2.05) is 37.3 Å². The molecule has 1 aromatic heterocycles. The van der Waals surface area contributed by atoms with E-state index in [9.17, 15) is 8.42 Å². The van der Waals surface area contributed by atoms with Gasteiger partial charge in [0.15, 0.2) is 0 Å². The van der Waals surface area contributed by atoms with E-state index in [2.05, 4.69) is 15.0 Å². The predicted octanol–water partition coefficient (Wildman–Crippen LogP) is 1.90. The number of sulfonamides is 1. The molecule has 0 saturated heterocycles. The Morgan fingerprint density at radius 3 is 2.74 bits per heavy atom. The fraction of sp³-hybridized carbons (Fsp3) is 0.438. The van der Waals surface area contributed by atoms with Gasteiger partial charge in [0.05, 0.1) is 10.9 Å². The van der Waals surface area contributed by atoms with Gasteiger partial charge in [-0.1, -0.05) is 18.2 Å². The Hall–Kier alpha value is -1.70. The average molecular weight is 335 g/mol. The highest BCUT2D eigenvalue weighted by atomic mass is 32.2. The lowest BCUT2D eigenvalue weighted by molar-refractivity contribution is 0.518. The minimum Gasteiger partial charge on any atom is -0.444 e. The van der Waals surface area contributed by atoms with Crippen LogP contribution in [0.5, 0.6) is 0 Å². The van der Waals surface area contributed by atoms with Crippen LogP contribution in [0.25, 0.3) is 11.5 Å². The van der Waals surface area contributed by atoms with E-state index in [1.54, 1.807) is 6.26 Å². The van der Waals surface area contributed by atoms with Crippen molar-refractivity contribution in [3.05, 3.63) is 42.3 Å². The van der Waals surface area contributed by atoms with Crippen LogP contribution in [-0.4, -0.2) is 31.2 Å². The van der Waals surface area contributed by atoms with Gasteiger partial charge in [0.25, 0.3) is 0 Å². The van der Waals surface area contributed by atoms with Crippen molar-refractivity contribution in [1.29, 1.82) is 0 Å². The summed E-state index contributed by atoms with van der Waals surface area (Å²) in [4.78, 5) is 4.43. The molecule has 1 aromatic carbocycles. The molecule has 2 N–H and O–H groups in total. The molecule has 3 rings (SSSR count). The van der Waals surface area contributed by atoms with Crippen molar-refractivity contribution in [3.8, 4) is 11.5 Å². The van der Waals surface area contributed by atoms with Crippen LogP contribution in [0.1, 0.15) is 25.5 Å². The molecule has 0 spiro atoms. The molecule has 7 heteroatoms. The Morgan fingerprint density at radius 1 is 1.30 bits per heavy atom. The third kappa shape index (κ3) is 4.40. The van der Waals surface area contributed by atoms with Crippen molar-refractivity contribution in [1.82, 2.24) is 15.0 Å². The summed E-state index contributed by atoms with van der Waals surface area (Å²) in [7, 11) is -3.12. The topological polar surface area (TPSA) is 84.2 Å². The molecule has 1 atom stereocenters. The molecule has 0 aliphatic heterocycles. The largest absolute Gasteiger partial charge is 0.444 e. The molecule has 0 bridgehead atoms. The Kier molecular flexibility index (Phi) is 4.79. The lowest BCUT2D eigenvalue weighted by Crippen LogP contribution is -2.39. The van der Waals surface area contributed by atoms with E-state index in [-0.39, 0.29) is 11.3 Å². The minimum atomic E-state index is -3.12. The number of hydrogen-bond acceptors (Lipinski definition) is 5. The van der Waals surface area contributed by atoms with Gasteiger partial charge in [0.1, 0.15) is 6.26 Å². The first-order valence-corrected chi connectivity index (χ1v) is 9.31. The Bertz CT molecular complexity index is 739. The van der Waals surface area contributed by atoms with Gasteiger partial charge in [0.2, 0.25) is 15.9 Å². The second-order valence-corrected chi connectivity index (χ2v) is 7.93. The van der Waals surface area contributed by atoms with Gasteiger partial charge in [0, 0.05) is 24.7 Å². The van der Waals surface area contributed by atoms with Gasteiger partial charge in [-0.2, -0.15) is 0 Å². The van der Waals surface area contributed by atoms with Crippen molar-refractivity contribution in [2.45, 2.75) is 37.6 Å². The zero-order valence-electron chi connectivity index (χ0n) is 13.0. The van der Waals surface area contributed by atoms with Crippen LogP contribution in [0.15, 0.2) is 41.0 Å². The van der Waals surface area contributed by atoms with Crippen LogP contribution >= 0.6 is 0 Å². The summed E-state index contributed by atoms with van der Waals surface area (Å²) in [6, 6.07) is 9.72. The fourth-order valence-electron chi connectivity index (χ4n) is 2.19. The summed E-state index contributed by atoms with van der Waals surface area (Å²) in [6.07, 6.45) is 3.17. The quantitative estimate of drug-likeness (QED) is 0.770. The summed E-state index contributed by atoms with van der Waals surface area (Å²) in [6.45, 7) is 2.85. The Labute approximate surface area is 136 Å². The van der Waals surface area contributed by atoms with Crippen molar-refractivity contribution in [3.63, 3.8) is 0 Å². The van der Waals surface area contributed by atoms with Crippen molar-refractivity contribution >= 4 is 10.0 Å². The predicted molar refractivity (Wildman–Crippen MR) is 88.2 cm³/mol. The lowest BCUT2D eigenvalue weighted by Gasteiger charge is -2.13. The number of rotatable bonds is 8. The number of hydrogen-bond donors (Lipinski definition) is 2. The van der Waals surface area contributed by atoms with Crippen molar-refractivity contribution in [2.24, 2.45) is 0 Å². The fourth-order valence-corrected chi connectivity index (χ4v) is 3.66. The summed E-state index contributed by atoms with van der Waals surface area (Å²) in [5.74, 6) is 0.587. The highest BCUT2D eigenvalue weighted by Crippen LogP contribution is 2.27. The molecular formula is C16H21N3O3S. The monoisotopic (exact) mass is 335 g/mol. The molecule has 1 aliphatic rings. The molecule has 0 radical (unpaired) electrons. The number of oxazole rings is 1. The van der Waals surface area contributed by atoms with Crippen LogP contribution in [0.3, 0.4) is 0 Å². The lowest BCUT2D eigenvalue weighted by atomic mass is 10.2. The third-order valence-corrected chi connectivity index (χ3v) is 5.68. The molecular weight excluding hydrogens is 314 g/mol. The first-order chi connectivity index (χ1) is 11.0. The summed E-state index contributed by atoms with van der Waals surface area (Å²) in [5, 5.41) is 3.06. The van der Waals surface area contributed by atoms with E-state index in [0.29, 0.717) is 19.0 Å². The molecule has 1 fully saturated rings. The van der Waals surface area contributed by atoms with Crippen LogP contribution in [-0.2, 0) is 16.6 Å². The van der Waals surface area contributed by atoms with E-state index in [0.717, 1.165) is 24.1 Å². The molecule has 0 unspecified atom stereocenters. The highest BCUT2D eigenvalue weighted by molar-refractivity contribution is 7.90. The third-order valence-electron chi connectivity index (χ3n) is 3.76. The van der Waals surface area contributed by atoms with Crippen LogP contribution in [0, 0.1) is 0 Å². The van der Waals surface area contributed by atoms with Crippen molar-refractivity contribution < 1.29 is 12.8 Å². The van der Waals surface area contributed by atoms with Crippen LogP contribution in [0.2, 0.25) is 0 Å². The van der Waals surface area contributed by atoms with Gasteiger partial charge < -0.3 is 9.73 Å². The standard InChI is InChI=1S/C16H21N3O3S/c1-12(9-18-23(20,21)15-7-8-15)17-10-14-11-22-16(19-14)13-5-3-2-4-6-13/h2-6,11-12,15,17-18H,7-10H2,1H3/t12-/m0/s1. The molecule has 2 aromatic rings. The Balaban J connectivity index is 1.47. The molecule has 1 saturated carbocycles. The maximum absolute atomic E-state index is 11.8. The van der Waals surface area contributed by atoms with Gasteiger partial charge in [-0.25, -0.2) is 18.1 Å². The summed E-state index contributed by atoms with van der Waals surface area (Å²) < 4.78 is 31.7. The van der Waals surface area contributed by atoms with E-state index < -0.39 is 10.0 Å². The van der Waals surface area contributed by atoms with Gasteiger partial charge in [-0.15, -0.1) is 0 Å². The first-order valence-electron chi connectivity index (χ1n) is 7.76. The number of nitrogens with one attached hydrogen (secondary N) is 2. The summed E-state index contributed by atoms with van der Waals surface area (Å²) in [5.41, 5.74) is 1.73. The second-order valence-electron chi connectivity index (χ2n) is 5.88. The SMILES string of the molecule is C[C@@H](CNS(=O)(=O)C1CC1)NCc1coc(-c2ccccc2)n1. The molecule has 23 heavy (non-hydrogen) atoms. The zero-order chi connectivity index (χ0) is 16.3. The van der Waals surface area contributed by atoms with E-state index >= 15 is 0 Å². The maximum atomic E-state index is 11.8. The van der Waals surface area contributed by atoms with Crippen molar-refractivity contribution in [2.75, 3.05) is 6.54 Å². The molecule has 1 aliphatic carbocycles. The van der Waals surface area contributed by atoms with Crippen LogP contribution in [0.4, 0.5) is 0 Å². The van der Waals surface area contributed by atoms with E-state index in [1.165, 1.54) is 0 Å². The van der Waals surface area contributed by atoms with Gasteiger partial charge in [-0.05, 0) is 31.9 Å². The first kappa shape index (κ1) is 16.2. The zero-order valence-corrected chi connectivity index (χ0v) is 13.8. The number of nitrogens with zero attached hydrogens (tertiary/aromatic N) is 1. The van der Waals surface area contributed by atoms with Gasteiger partial charge in [-0.3, -0.25) is 0 Å². The number of aromatic nitrogens is 1. The molecule has 0 amide bonds. The molecule has 124 valence electrons. The highest BCUT2D eigenvalue weighted by Gasteiger charge is 2.35. The molecule has 6 nitrogen and oxygen atoms in total. The average Bonchev–Trinajstić information content (AvgIpc) is 3.32. The normalized spacial score (nSPS) is 16.4.